The molecule has 0 aliphatic carbocycles. The molecule has 5 heteroatoms. The van der Waals surface area contributed by atoms with Crippen molar-refractivity contribution in [1.29, 1.82) is 0 Å². The Morgan fingerprint density at radius 3 is 2.67 bits per heavy atom. The molecule has 1 aromatic carbocycles. The Labute approximate surface area is 122 Å². The van der Waals surface area contributed by atoms with E-state index in [4.69, 9.17) is 27.4 Å². The monoisotopic (exact) mass is 331 g/mol. The molecule has 0 heterocycles. The van der Waals surface area contributed by atoms with Crippen molar-refractivity contribution in [2.45, 2.75) is 25.9 Å². The third-order valence-electron chi connectivity index (χ3n) is 2.72. The zero-order valence-corrected chi connectivity index (χ0v) is 13.2. The lowest BCUT2D eigenvalue weighted by atomic mass is 10.1. The molecular weight excluding hydrogens is 314 g/mol. The summed E-state index contributed by atoms with van der Waals surface area (Å²) in [6, 6.07) is 5.61. The maximum Gasteiger partial charge on any atom is 0.130 e. The first kappa shape index (κ1) is 15.4. The van der Waals surface area contributed by atoms with Gasteiger partial charge >= 0.3 is 0 Å². The van der Waals surface area contributed by atoms with Crippen LogP contribution in [0.2, 0.25) is 0 Å². The molecular formula is C13H18BrNO2S. The number of rotatable bonds is 6. The largest absolute Gasteiger partial charge is 0.493 e. The minimum absolute atomic E-state index is 0.199. The zero-order valence-electron chi connectivity index (χ0n) is 10.8. The summed E-state index contributed by atoms with van der Waals surface area (Å²) >= 11 is 8.40. The van der Waals surface area contributed by atoms with Gasteiger partial charge in [-0.15, -0.1) is 0 Å². The molecule has 100 valence electrons. The summed E-state index contributed by atoms with van der Waals surface area (Å²) in [5.41, 5.74) is 6.21. The van der Waals surface area contributed by atoms with Crippen molar-refractivity contribution in [2.75, 3.05) is 13.7 Å². The molecule has 0 radical (unpaired) electrons. The predicted octanol–water partition coefficient (Wildman–Crippen LogP) is 3.28. The normalized spacial score (nSPS) is 11.3. The Hall–Kier alpha value is -0.650. The minimum Gasteiger partial charge on any atom is -0.493 e. The van der Waals surface area contributed by atoms with E-state index in [1.807, 2.05) is 32.0 Å². The van der Waals surface area contributed by atoms with Crippen LogP contribution in [0.5, 0.6) is 5.75 Å². The molecule has 1 rings (SSSR count). The Morgan fingerprint density at radius 2 is 2.11 bits per heavy atom. The molecule has 0 aliphatic rings. The van der Waals surface area contributed by atoms with Crippen LogP contribution in [0.3, 0.4) is 0 Å². The van der Waals surface area contributed by atoms with E-state index in [0.29, 0.717) is 17.3 Å². The lowest BCUT2D eigenvalue weighted by Gasteiger charge is -2.23. The van der Waals surface area contributed by atoms with E-state index in [1.165, 1.54) is 0 Å². The SMILES string of the molecule is COC(C)(C)CCOc1cc(Br)ccc1C(N)=S. The van der Waals surface area contributed by atoms with Crippen LogP contribution >= 0.6 is 28.1 Å². The second-order valence-corrected chi connectivity index (χ2v) is 5.92. The van der Waals surface area contributed by atoms with Gasteiger partial charge in [-0.1, -0.05) is 28.1 Å². The van der Waals surface area contributed by atoms with Crippen molar-refractivity contribution in [3.05, 3.63) is 28.2 Å². The number of methoxy groups -OCH3 is 1. The molecule has 0 amide bonds. The lowest BCUT2D eigenvalue weighted by Crippen LogP contribution is -2.25. The highest BCUT2D eigenvalue weighted by Crippen LogP contribution is 2.24. The van der Waals surface area contributed by atoms with Crippen molar-refractivity contribution in [3.8, 4) is 5.75 Å². The van der Waals surface area contributed by atoms with E-state index in [2.05, 4.69) is 15.9 Å². The fourth-order valence-electron chi connectivity index (χ4n) is 1.33. The van der Waals surface area contributed by atoms with Crippen molar-refractivity contribution in [2.24, 2.45) is 5.73 Å². The smallest absolute Gasteiger partial charge is 0.130 e. The maximum atomic E-state index is 5.74. The van der Waals surface area contributed by atoms with Gasteiger partial charge in [0.15, 0.2) is 0 Å². The number of hydrogen-bond acceptors (Lipinski definition) is 3. The zero-order chi connectivity index (χ0) is 13.8. The number of halogens is 1. The molecule has 0 saturated heterocycles. The number of benzene rings is 1. The third-order valence-corrected chi connectivity index (χ3v) is 3.44. The molecule has 0 aromatic heterocycles. The summed E-state index contributed by atoms with van der Waals surface area (Å²) in [5.74, 6) is 0.698. The first-order chi connectivity index (χ1) is 8.35. The Kier molecular flexibility index (Phi) is 5.56. The highest BCUT2D eigenvalue weighted by atomic mass is 79.9. The number of nitrogens with two attached hydrogens (primary N) is 1. The van der Waals surface area contributed by atoms with E-state index in [-0.39, 0.29) is 5.60 Å². The standard InChI is InChI=1S/C13H18BrNO2S/c1-13(2,16-3)6-7-17-11-8-9(14)4-5-10(11)12(15)18/h4-5,8H,6-7H2,1-3H3,(H2,15,18). The fourth-order valence-corrected chi connectivity index (χ4v) is 1.84. The van der Waals surface area contributed by atoms with E-state index in [0.717, 1.165) is 16.5 Å². The summed E-state index contributed by atoms with van der Waals surface area (Å²) in [6.07, 6.45) is 0.785. The Bertz CT molecular complexity index is 435. The predicted molar refractivity (Wildman–Crippen MR) is 81.2 cm³/mol. The number of thiocarbonyl (C=S) groups is 1. The number of ether oxygens (including phenoxy) is 2. The molecule has 0 bridgehead atoms. The summed E-state index contributed by atoms with van der Waals surface area (Å²) < 4.78 is 12.0. The molecule has 2 N–H and O–H groups in total. The molecule has 18 heavy (non-hydrogen) atoms. The van der Waals surface area contributed by atoms with Crippen LogP contribution in [0.15, 0.2) is 22.7 Å². The van der Waals surface area contributed by atoms with Gasteiger partial charge in [0, 0.05) is 18.0 Å². The molecule has 1 aromatic rings. The van der Waals surface area contributed by atoms with Gasteiger partial charge in [-0.25, -0.2) is 0 Å². The second-order valence-electron chi connectivity index (χ2n) is 4.57. The molecule has 0 fully saturated rings. The van der Waals surface area contributed by atoms with Gasteiger partial charge in [0.2, 0.25) is 0 Å². The van der Waals surface area contributed by atoms with Gasteiger partial charge in [0.1, 0.15) is 10.7 Å². The summed E-state index contributed by atoms with van der Waals surface area (Å²) in [7, 11) is 1.69. The van der Waals surface area contributed by atoms with E-state index in [1.54, 1.807) is 7.11 Å². The summed E-state index contributed by atoms with van der Waals surface area (Å²) in [5, 5.41) is 0. The van der Waals surface area contributed by atoms with Gasteiger partial charge in [-0.05, 0) is 32.0 Å². The van der Waals surface area contributed by atoms with Gasteiger partial charge in [-0.2, -0.15) is 0 Å². The van der Waals surface area contributed by atoms with Crippen LogP contribution in [0.1, 0.15) is 25.8 Å². The molecule has 0 atom stereocenters. The van der Waals surface area contributed by atoms with Gasteiger partial charge in [-0.3, -0.25) is 0 Å². The minimum atomic E-state index is -0.199. The number of hydrogen-bond donors (Lipinski definition) is 1. The third kappa shape index (κ3) is 4.55. The van der Waals surface area contributed by atoms with Gasteiger partial charge in [0.05, 0.1) is 17.8 Å². The average molecular weight is 332 g/mol. The fraction of sp³-hybridized carbons (Fsp3) is 0.462. The molecule has 0 spiro atoms. The Morgan fingerprint density at radius 1 is 1.44 bits per heavy atom. The first-order valence-electron chi connectivity index (χ1n) is 5.63. The first-order valence-corrected chi connectivity index (χ1v) is 6.83. The van der Waals surface area contributed by atoms with Crippen LogP contribution < -0.4 is 10.5 Å². The van der Waals surface area contributed by atoms with Crippen LogP contribution in [0.25, 0.3) is 0 Å². The Balaban J connectivity index is 2.72. The maximum absolute atomic E-state index is 5.74. The average Bonchev–Trinajstić information content (AvgIpc) is 2.28. The summed E-state index contributed by atoms with van der Waals surface area (Å²) in [4.78, 5) is 0.337. The van der Waals surface area contributed by atoms with Crippen LogP contribution in [-0.4, -0.2) is 24.3 Å². The second kappa shape index (κ2) is 6.50. The topological polar surface area (TPSA) is 44.5 Å². The van der Waals surface area contributed by atoms with E-state index in [9.17, 15) is 0 Å². The van der Waals surface area contributed by atoms with Gasteiger partial charge < -0.3 is 15.2 Å². The van der Waals surface area contributed by atoms with Crippen molar-refractivity contribution in [1.82, 2.24) is 0 Å². The summed E-state index contributed by atoms with van der Waals surface area (Å²) in [6.45, 7) is 4.59. The van der Waals surface area contributed by atoms with Crippen LogP contribution in [0.4, 0.5) is 0 Å². The van der Waals surface area contributed by atoms with E-state index < -0.39 is 0 Å². The highest BCUT2D eigenvalue weighted by Gasteiger charge is 2.16. The van der Waals surface area contributed by atoms with Gasteiger partial charge in [0.25, 0.3) is 0 Å². The van der Waals surface area contributed by atoms with Crippen molar-refractivity contribution < 1.29 is 9.47 Å². The van der Waals surface area contributed by atoms with E-state index >= 15 is 0 Å². The molecule has 3 nitrogen and oxygen atoms in total. The molecule has 0 unspecified atom stereocenters. The van der Waals surface area contributed by atoms with Crippen molar-refractivity contribution in [3.63, 3.8) is 0 Å². The molecule has 0 saturated carbocycles. The lowest BCUT2D eigenvalue weighted by molar-refractivity contribution is 0.00544. The van der Waals surface area contributed by atoms with Crippen LogP contribution in [0, 0.1) is 0 Å². The quantitative estimate of drug-likeness (QED) is 0.812. The van der Waals surface area contributed by atoms with Crippen molar-refractivity contribution >= 4 is 33.1 Å². The molecule has 0 aliphatic heterocycles. The van der Waals surface area contributed by atoms with Crippen LogP contribution in [-0.2, 0) is 4.74 Å². The highest BCUT2D eigenvalue weighted by molar-refractivity contribution is 9.10.